The number of hydrogen-bond acceptors (Lipinski definition) is 4. The molecule has 0 amide bonds. The highest BCUT2D eigenvalue weighted by Crippen LogP contribution is 2.57. The number of anilines is 1. The Kier molecular flexibility index (Phi) is 3.32. The molecule has 0 N–H and O–H groups in total. The number of rotatable bonds is 1. The van der Waals surface area contributed by atoms with Gasteiger partial charge in [-0.15, -0.1) is 0 Å². The minimum atomic E-state index is -0.448. The predicted molar refractivity (Wildman–Crippen MR) is 101 cm³/mol. The van der Waals surface area contributed by atoms with Crippen LogP contribution in [0.15, 0.2) is 47.6 Å². The van der Waals surface area contributed by atoms with Gasteiger partial charge in [0, 0.05) is 42.6 Å². The summed E-state index contributed by atoms with van der Waals surface area (Å²) in [6.45, 7) is 1.09. The molecule has 3 heterocycles. The average Bonchev–Trinajstić information content (AvgIpc) is 3.12. The molecule has 5 rings (SSSR count). The molecule has 0 radical (unpaired) electrons. The van der Waals surface area contributed by atoms with Crippen LogP contribution in [-0.2, 0) is 9.53 Å². The summed E-state index contributed by atoms with van der Waals surface area (Å²) < 4.78 is 5.87. The summed E-state index contributed by atoms with van der Waals surface area (Å²) in [5, 5.41) is 0. The molecule has 2 saturated heterocycles. The van der Waals surface area contributed by atoms with E-state index < -0.39 is 5.60 Å². The fraction of sp³-hybridized carbons (Fsp3) is 0.409. The van der Waals surface area contributed by atoms with Gasteiger partial charge in [-0.05, 0) is 49.7 Å². The first kappa shape index (κ1) is 15.7. The smallest absolute Gasteiger partial charge is 0.332 e. The van der Waals surface area contributed by atoms with Crippen molar-refractivity contribution in [2.45, 2.75) is 36.9 Å². The largest absolute Gasteiger partial charge is 0.447 e. The summed E-state index contributed by atoms with van der Waals surface area (Å²) in [4.78, 5) is 16.6. The first-order valence-electron chi connectivity index (χ1n) is 9.32. The quantitative estimate of drug-likeness (QED) is 0.578. The minimum absolute atomic E-state index is 0.172. The number of fused-ring (bicyclic) bond motifs is 2. The lowest BCUT2D eigenvalue weighted by Gasteiger charge is -2.60. The van der Waals surface area contributed by atoms with Crippen molar-refractivity contribution in [2.75, 3.05) is 25.5 Å². The molecule has 132 valence electrons. The van der Waals surface area contributed by atoms with Crippen LogP contribution in [0, 0.1) is 11.8 Å². The Labute approximate surface area is 154 Å². The van der Waals surface area contributed by atoms with Crippen LogP contribution in [0.2, 0.25) is 0 Å². The Morgan fingerprint density at radius 2 is 2.00 bits per heavy atom. The molecule has 4 nitrogen and oxygen atoms in total. The zero-order valence-corrected chi connectivity index (χ0v) is 15.2. The number of hydrogen-bond donors (Lipinski definition) is 0. The first-order chi connectivity index (χ1) is 12.6. The summed E-state index contributed by atoms with van der Waals surface area (Å²) in [7, 11) is 4.05. The van der Waals surface area contributed by atoms with Crippen molar-refractivity contribution < 1.29 is 9.53 Å². The second-order valence-corrected chi connectivity index (χ2v) is 7.74. The lowest BCUT2D eigenvalue weighted by atomic mass is 9.70. The first-order valence-corrected chi connectivity index (χ1v) is 9.32. The molecule has 1 aromatic carbocycles. The maximum Gasteiger partial charge on any atom is 0.332 e. The Balaban J connectivity index is 1.46. The number of esters is 1. The maximum absolute atomic E-state index is 12.0. The van der Waals surface area contributed by atoms with E-state index in [4.69, 9.17) is 4.74 Å². The Morgan fingerprint density at radius 3 is 2.77 bits per heavy atom. The van der Waals surface area contributed by atoms with E-state index in [1.807, 2.05) is 26.2 Å². The van der Waals surface area contributed by atoms with E-state index in [0.29, 0.717) is 6.04 Å². The standard InChI is InChI=1S/C22H22N2O2/c1-23(2)17-10-7-15(8-11-17)6-9-16-13-20-22(18(16)14-21(25)26-22)19-5-3-4-12-24(19)20/h7-8,10-11,13-14,19-20H,3-5,12H2,1-2H3/t19-,20-,22?/m1/s1. The van der Waals surface area contributed by atoms with Gasteiger partial charge < -0.3 is 9.64 Å². The molecule has 1 aliphatic carbocycles. The van der Waals surface area contributed by atoms with Gasteiger partial charge >= 0.3 is 5.97 Å². The summed E-state index contributed by atoms with van der Waals surface area (Å²) >= 11 is 0. The maximum atomic E-state index is 12.0. The molecule has 0 aromatic heterocycles. The van der Waals surface area contributed by atoms with Gasteiger partial charge in [0.15, 0.2) is 5.60 Å². The molecule has 3 atom stereocenters. The van der Waals surface area contributed by atoms with Crippen LogP contribution >= 0.6 is 0 Å². The van der Waals surface area contributed by atoms with Gasteiger partial charge in [0.25, 0.3) is 0 Å². The van der Waals surface area contributed by atoms with Crippen LogP contribution in [0.5, 0.6) is 0 Å². The number of piperidine rings is 1. The molecule has 1 unspecified atom stereocenters. The van der Waals surface area contributed by atoms with E-state index in [0.717, 1.165) is 35.4 Å². The average molecular weight is 346 g/mol. The highest BCUT2D eigenvalue weighted by molar-refractivity contribution is 5.91. The van der Waals surface area contributed by atoms with Gasteiger partial charge in [-0.2, -0.15) is 0 Å². The van der Waals surface area contributed by atoms with Crippen molar-refractivity contribution in [1.29, 1.82) is 0 Å². The van der Waals surface area contributed by atoms with Gasteiger partial charge in [-0.25, -0.2) is 4.79 Å². The fourth-order valence-electron chi connectivity index (χ4n) is 4.90. The van der Waals surface area contributed by atoms with Crippen LogP contribution in [0.4, 0.5) is 5.69 Å². The summed E-state index contributed by atoms with van der Waals surface area (Å²) in [6, 6.07) is 8.71. The monoisotopic (exact) mass is 346 g/mol. The Bertz CT molecular complexity index is 900. The molecule has 0 saturated carbocycles. The van der Waals surface area contributed by atoms with E-state index in [2.05, 4.69) is 39.8 Å². The van der Waals surface area contributed by atoms with Crippen molar-refractivity contribution in [3.05, 3.63) is 53.1 Å². The van der Waals surface area contributed by atoms with Crippen molar-refractivity contribution in [1.82, 2.24) is 4.90 Å². The predicted octanol–water partition coefficient (Wildman–Crippen LogP) is 2.50. The summed E-state index contributed by atoms with van der Waals surface area (Å²) in [5.74, 6) is 6.37. The zero-order valence-electron chi connectivity index (χ0n) is 15.2. The van der Waals surface area contributed by atoms with Crippen LogP contribution in [0.1, 0.15) is 24.8 Å². The Hall–Kier alpha value is -2.51. The Morgan fingerprint density at radius 1 is 1.19 bits per heavy atom. The van der Waals surface area contributed by atoms with Crippen molar-refractivity contribution in [3.8, 4) is 11.8 Å². The van der Waals surface area contributed by atoms with Crippen LogP contribution in [0.3, 0.4) is 0 Å². The van der Waals surface area contributed by atoms with Crippen molar-refractivity contribution >= 4 is 11.7 Å². The number of carbonyl (C=O) groups is 1. The molecule has 4 aliphatic rings. The number of nitrogens with zero attached hydrogens (tertiary/aromatic N) is 2. The normalized spacial score (nSPS) is 31.4. The molecular formula is C22H22N2O2. The third kappa shape index (κ3) is 2.04. The number of ether oxygens (including phenoxy) is 1. The minimum Gasteiger partial charge on any atom is -0.447 e. The molecule has 1 aromatic rings. The van der Waals surface area contributed by atoms with E-state index in [1.165, 1.54) is 12.8 Å². The zero-order chi connectivity index (χ0) is 17.9. The van der Waals surface area contributed by atoms with Crippen LogP contribution in [-0.4, -0.2) is 49.2 Å². The molecular weight excluding hydrogens is 324 g/mol. The number of benzene rings is 1. The van der Waals surface area contributed by atoms with Gasteiger partial charge in [-0.3, -0.25) is 4.90 Å². The molecule has 2 fully saturated rings. The molecule has 0 bridgehead atoms. The third-order valence-corrected chi connectivity index (χ3v) is 6.13. The van der Waals surface area contributed by atoms with Gasteiger partial charge in [0.2, 0.25) is 0 Å². The van der Waals surface area contributed by atoms with Gasteiger partial charge in [0.1, 0.15) is 0 Å². The lowest BCUT2D eigenvalue weighted by molar-refractivity contribution is -0.194. The van der Waals surface area contributed by atoms with E-state index in [1.54, 1.807) is 6.08 Å². The van der Waals surface area contributed by atoms with Crippen molar-refractivity contribution in [3.63, 3.8) is 0 Å². The second kappa shape index (κ2) is 5.49. The summed E-state index contributed by atoms with van der Waals surface area (Å²) in [5.41, 5.74) is 3.66. The van der Waals surface area contributed by atoms with E-state index in [-0.39, 0.29) is 12.0 Å². The van der Waals surface area contributed by atoms with Crippen LogP contribution < -0.4 is 4.90 Å². The topological polar surface area (TPSA) is 32.8 Å². The third-order valence-electron chi connectivity index (χ3n) is 6.13. The molecule has 3 aliphatic heterocycles. The lowest BCUT2D eigenvalue weighted by Crippen LogP contribution is -2.76. The van der Waals surface area contributed by atoms with Crippen molar-refractivity contribution in [2.24, 2.45) is 0 Å². The fourth-order valence-corrected chi connectivity index (χ4v) is 4.90. The molecule has 1 spiro atoms. The highest BCUT2D eigenvalue weighted by atomic mass is 16.6. The highest BCUT2D eigenvalue weighted by Gasteiger charge is 2.69. The number of carbonyl (C=O) groups excluding carboxylic acids is 1. The SMILES string of the molecule is CN(C)c1ccc(C#CC2=C[C@H]3N4CCCC[C@@H]4C34OC(=O)C=C24)cc1. The van der Waals surface area contributed by atoms with Crippen LogP contribution in [0.25, 0.3) is 0 Å². The van der Waals surface area contributed by atoms with E-state index in [9.17, 15) is 4.79 Å². The van der Waals surface area contributed by atoms with E-state index >= 15 is 0 Å². The molecule has 4 heteroatoms. The second-order valence-electron chi connectivity index (χ2n) is 7.74. The van der Waals surface area contributed by atoms with Gasteiger partial charge in [0.05, 0.1) is 12.1 Å². The molecule has 26 heavy (non-hydrogen) atoms. The summed E-state index contributed by atoms with van der Waals surface area (Å²) in [6.07, 6.45) is 7.41. The van der Waals surface area contributed by atoms with Gasteiger partial charge in [-0.1, -0.05) is 18.3 Å².